The maximum atomic E-state index is 9.89. The number of hydrogen-bond donors (Lipinski definition) is 2. The summed E-state index contributed by atoms with van der Waals surface area (Å²) in [4.78, 5) is 0. The third-order valence-electron chi connectivity index (χ3n) is 3.25. The minimum atomic E-state index is -1.13. The summed E-state index contributed by atoms with van der Waals surface area (Å²) in [7, 11) is 0. The molecule has 2 aromatic carbocycles. The standard InChI is InChI=1S/C18H16N2O4/c19-9-13-1-5-15(6-2-13)23-11-17(21)18(22)12-24-16-7-3-14(10-20)4-8-16/h1-8,17-18,21-22H,11-12H2/t17-,18+. The van der Waals surface area contributed by atoms with Crippen molar-refractivity contribution in [3.8, 4) is 23.6 Å². The summed E-state index contributed by atoms with van der Waals surface area (Å²) in [6, 6.07) is 16.9. The van der Waals surface area contributed by atoms with Crippen LogP contribution in [0.1, 0.15) is 11.1 Å². The number of ether oxygens (including phenoxy) is 2. The molecule has 2 N–H and O–H groups in total. The van der Waals surface area contributed by atoms with E-state index in [0.717, 1.165) is 0 Å². The molecule has 2 atom stereocenters. The summed E-state index contributed by atoms with van der Waals surface area (Å²) in [5.41, 5.74) is 1.03. The van der Waals surface area contributed by atoms with E-state index in [9.17, 15) is 10.2 Å². The zero-order valence-electron chi connectivity index (χ0n) is 12.8. The molecule has 0 bridgehead atoms. The Morgan fingerprint density at radius 3 is 1.33 bits per heavy atom. The lowest BCUT2D eigenvalue weighted by Crippen LogP contribution is -2.36. The molecule has 0 aliphatic rings. The lowest BCUT2D eigenvalue weighted by atomic mass is 10.2. The quantitative estimate of drug-likeness (QED) is 0.801. The Morgan fingerprint density at radius 1 is 0.708 bits per heavy atom. The van der Waals surface area contributed by atoms with Gasteiger partial charge in [0.2, 0.25) is 0 Å². The van der Waals surface area contributed by atoms with Crippen LogP contribution in [0.3, 0.4) is 0 Å². The van der Waals surface area contributed by atoms with Gasteiger partial charge in [0.15, 0.2) is 0 Å². The van der Waals surface area contributed by atoms with E-state index < -0.39 is 12.2 Å². The van der Waals surface area contributed by atoms with Gasteiger partial charge in [0.05, 0.1) is 23.3 Å². The van der Waals surface area contributed by atoms with Gasteiger partial charge in [0, 0.05) is 0 Å². The minimum absolute atomic E-state index is 0.107. The van der Waals surface area contributed by atoms with Crippen molar-refractivity contribution in [2.45, 2.75) is 12.2 Å². The summed E-state index contributed by atoms with van der Waals surface area (Å²) in [5, 5.41) is 37.2. The fourth-order valence-electron chi connectivity index (χ4n) is 1.84. The first-order chi connectivity index (χ1) is 11.6. The molecule has 0 aromatic heterocycles. The molecule has 6 nitrogen and oxygen atoms in total. The summed E-state index contributed by atoms with van der Waals surface area (Å²) in [6.07, 6.45) is -2.25. The fourth-order valence-corrected chi connectivity index (χ4v) is 1.84. The monoisotopic (exact) mass is 324 g/mol. The molecule has 0 spiro atoms. The van der Waals surface area contributed by atoms with Gasteiger partial charge in [-0.05, 0) is 48.5 Å². The Labute approximate surface area is 139 Å². The predicted octanol–water partition coefficient (Wildman–Crippen LogP) is 1.61. The highest BCUT2D eigenvalue weighted by Crippen LogP contribution is 2.14. The first-order valence-electron chi connectivity index (χ1n) is 7.24. The maximum absolute atomic E-state index is 9.89. The van der Waals surface area contributed by atoms with E-state index in [4.69, 9.17) is 20.0 Å². The van der Waals surface area contributed by atoms with Crippen LogP contribution in [0.25, 0.3) is 0 Å². The molecule has 0 amide bonds. The van der Waals surface area contributed by atoms with Crippen LogP contribution in [0.2, 0.25) is 0 Å². The van der Waals surface area contributed by atoms with Crippen molar-refractivity contribution in [3.05, 3.63) is 59.7 Å². The second-order valence-electron chi connectivity index (χ2n) is 5.03. The molecule has 6 heteroatoms. The highest BCUT2D eigenvalue weighted by Gasteiger charge is 2.18. The van der Waals surface area contributed by atoms with Crippen molar-refractivity contribution >= 4 is 0 Å². The Balaban J connectivity index is 1.77. The van der Waals surface area contributed by atoms with Crippen LogP contribution in [0.15, 0.2) is 48.5 Å². The molecule has 0 unspecified atom stereocenters. The topological polar surface area (TPSA) is 106 Å². The van der Waals surface area contributed by atoms with E-state index in [1.165, 1.54) is 0 Å². The van der Waals surface area contributed by atoms with E-state index in [1.54, 1.807) is 48.5 Å². The fraction of sp³-hybridized carbons (Fsp3) is 0.222. The zero-order valence-corrected chi connectivity index (χ0v) is 12.8. The van der Waals surface area contributed by atoms with Crippen molar-refractivity contribution in [1.29, 1.82) is 10.5 Å². The minimum Gasteiger partial charge on any atom is -0.491 e. The van der Waals surface area contributed by atoms with Gasteiger partial charge in [-0.15, -0.1) is 0 Å². The maximum Gasteiger partial charge on any atom is 0.119 e. The third-order valence-corrected chi connectivity index (χ3v) is 3.25. The number of rotatable bonds is 7. The van der Waals surface area contributed by atoms with E-state index >= 15 is 0 Å². The molecule has 0 radical (unpaired) electrons. The molecular weight excluding hydrogens is 308 g/mol. The predicted molar refractivity (Wildman–Crippen MR) is 85.3 cm³/mol. The molecule has 0 saturated heterocycles. The second kappa shape index (κ2) is 8.54. The molecule has 0 saturated carbocycles. The smallest absolute Gasteiger partial charge is 0.119 e. The third kappa shape index (κ3) is 4.99. The molecule has 0 heterocycles. The largest absolute Gasteiger partial charge is 0.491 e. The highest BCUT2D eigenvalue weighted by atomic mass is 16.5. The van der Waals surface area contributed by atoms with Gasteiger partial charge in [-0.3, -0.25) is 0 Å². The van der Waals surface area contributed by atoms with E-state index in [-0.39, 0.29) is 13.2 Å². The molecule has 0 fully saturated rings. The Bertz CT molecular complexity index is 664. The molecule has 24 heavy (non-hydrogen) atoms. The van der Waals surface area contributed by atoms with Gasteiger partial charge < -0.3 is 19.7 Å². The van der Waals surface area contributed by atoms with Crippen LogP contribution in [0, 0.1) is 22.7 Å². The van der Waals surface area contributed by atoms with E-state index in [0.29, 0.717) is 22.6 Å². The van der Waals surface area contributed by atoms with Gasteiger partial charge in [0.25, 0.3) is 0 Å². The first-order valence-corrected chi connectivity index (χ1v) is 7.24. The van der Waals surface area contributed by atoms with Gasteiger partial charge in [-0.1, -0.05) is 0 Å². The molecule has 0 aliphatic heterocycles. The lowest BCUT2D eigenvalue weighted by molar-refractivity contribution is -0.0288. The van der Waals surface area contributed by atoms with Gasteiger partial charge in [-0.2, -0.15) is 10.5 Å². The van der Waals surface area contributed by atoms with Gasteiger partial charge >= 0.3 is 0 Å². The van der Waals surface area contributed by atoms with Crippen molar-refractivity contribution < 1.29 is 19.7 Å². The normalized spacial score (nSPS) is 12.5. The lowest BCUT2D eigenvalue weighted by Gasteiger charge is -2.19. The van der Waals surface area contributed by atoms with Gasteiger partial charge in [-0.25, -0.2) is 0 Å². The number of aliphatic hydroxyl groups excluding tert-OH is 2. The summed E-state index contributed by atoms with van der Waals surface area (Å²) in [5.74, 6) is 0.988. The number of aliphatic hydroxyl groups is 2. The Kier molecular flexibility index (Phi) is 6.16. The van der Waals surface area contributed by atoms with Crippen LogP contribution in [0.4, 0.5) is 0 Å². The molecule has 2 aromatic rings. The average Bonchev–Trinajstić information content (AvgIpc) is 2.64. The summed E-state index contributed by atoms with van der Waals surface area (Å²) >= 11 is 0. The highest BCUT2D eigenvalue weighted by molar-refractivity contribution is 5.35. The number of benzene rings is 2. The molecular formula is C18H16N2O4. The molecule has 122 valence electrons. The number of hydrogen-bond acceptors (Lipinski definition) is 6. The SMILES string of the molecule is N#Cc1ccc(OC[C@@H](O)[C@@H](O)COc2ccc(C#N)cc2)cc1. The van der Waals surface area contributed by atoms with Crippen molar-refractivity contribution in [2.75, 3.05) is 13.2 Å². The van der Waals surface area contributed by atoms with Crippen LogP contribution < -0.4 is 9.47 Å². The Morgan fingerprint density at radius 2 is 1.04 bits per heavy atom. The summed E-state index contributed by atoms with van der Waals surface area (Å²) < 4.78 is 10.7. The van der Waals surface area contributed by atoms with E-state index in [2.05, 4.69) is 0 Å². The van der Waals surface area contributed by atoms with Crippen molar-refractivity contribution in [1.82, 2.24) is 0 Å². The summed E-state index contributed by atoms with van der Waals surface area (Å²) in [6.45, 7) is -0.215. The van der Waals surface area contributed by atoms with Gasteiger partial charge in [0.1, 0.15) is 36.9 Å². The van der Waals surface area contributed by atoms with E-state index in [1.807, 2.05) is 12.1 Å². The van der Waals surface area contributed by atoms with Crippen LogP contribution in [-0.4, -0.2) is 35.6 Å². The molecule has 0 aliphatic carbocycles. The zero-order chi connectivity index (χ0) is 17.4. The second-order valence-corrected chi connectivity index (χ2v) is 5.03. The van der Waals surface area contributed by atoms with Crippen LogP contribution in [0.5, 0.6) is 11.5 Å². The average molecular weight is 324 g/mol. The number of nitrogens with zero attached hydrogens (tertiary/aromatic N) is 2. The number of nitriles is 2. The van der Waals surface area contributed by atoms with Crippen molar-refractivity contribution in [2.24, 2.45) is 0 Å². The Hall–Kier alpha value is -3.06. The first kappa shape index (κ1) is 17.3. The van der Waals surface area contributed by atoms with Crippen molar-refractivity contribution in [3.63, 3.8) is 0 Å². The van der Waals surface area contributed by atoms with Crippen LogP contribution >= 0.6 is 0 Å². The van der Waals surface area contributed by atoms with Crippen LogP contribution in [-0.2, 0) is 0 Å². The molecule has 2 rings (SSSR count).